The first-order valence-corrected chi connectivity index (χ1v) is 4.80. The molecule has 74 valence electrons. The molecule has 0 unspecified atom stereocenters. The molecule has 3 nitrogen and oxygen atoms in total. The van der Waals surface area contributed by atoms with Gasteiger partial charge in [0.25, 0.3) is 0 Å². The summed E-state index contributed by atoms with van der Waals surface area (Å²) in [6, 6.07) is 0. The van der Waals surface area contributed by atoms with Crippen molar-refractivity contribution in [2.45, 2.75) is 20.8 Å². The Hall–Kier alpha value is -0.570. The molecule has 0 aromatic rings. The number of likely N-dealkylation sites (tertiary alicyclic amines) is 1. The van der Waals surface area contributed by atoms with E-state index in [0.717, 1.165) is 13.1 Å². The van der Waals surface area contributed by atoms with Crippen LogP contribution in [0.25, 0.3) is 0 Å². The van der Waals surface area contributed by atoms with Crippen LogP contribution < -0.4 is 0 Å². The van der Waals surface area contributed by atoms with E-state index in [0.29, 0.717) is 18.6 Å². The van der Waals surface area contributed by atoms with E-state index in [4.69, 9.17) is 4.74 Å². The van der Waals surface area contributed by atoms with E-state index in [9.17, 15) is 4.79 Å². The molecule has 2 fully saturated rings. The molecule has 0 radical (unpaired) electrons. The van der Waals surface area contributed by atoms with E-state index >= 15 is 0 Å². The second-order valence-electron chi connectivity index (χ2n) is 5.38. The van der Waals surface area contributed by atoms with Gasteiger partial charge in [0, 0.05) is 13.1 Å². The zero-order valence-corrected chi connectivity index (χ0v) is 8.59. The van der Waals surface area contributed by atoms with Crippen molar-refractivity contribution in [3.05, 3.63) is 0 Å². The minimum atomic E-state index is -0.212. The molecule has 0 spiro atoms. The number of nitrogens with zero attached hydrogens (tertiary/aromatic N) is 1. The van der Waals surface area contributed by atoms with Gasteiger partial charge in [0.05, 0.1) is 18.6 Å². The molecular formula is C10H17NO2. The molecule has 13 heavy (non-hydrogen) atoms. The first-order chi connectivity index (χ1) is 5.93. The maximum absolute atomic E-state index is 11.9. The lowest BCUT2D eigenvalue weighted by molar-refractivity contribution is -0.178. The van der Waals surface area contributed by atoms with Crippen LogP contribution in [0.3, 0.4) is 0 Å². The summed E-state index contributed by atoms with van der Waals surface area (Å²) in [5.74, 6) is 0.276. The second-order valence-corrected chi connectivity index (χ2v) is 5.38. The highest BCUT2D eigenvalue weighted by Crippen LogP contribution is 2.36. The molecule has 2 saturated heterocycles. The standard InChI is InChI=1S/C10H17NO2/c1-9(2)4-11(5-9)8(12)10(3)6-13-7-10/h4-7H2,1-3H3. The van der Waals surface area contributed by atoms with Gasteiger partial charge in [-0.05, 0) is 12.3 Å². The Morgan fingerprint density at radius 1 is 1.23 bits per heavy atom. The molecule has 0 atom stereocenters. The van der Waals surface area contributed by atoms with Gasteiger partial charge in [-0.1, -0.05) is 13.8 Å². The Kier molecular flexibility index (Phi) is 1.71. The minimum Gasteiger partial charge on any atom is -0.379 e. The van der Waals surface area contributed by atoms with Crippen molar-refractivity contribution < 1.29 is 9.53 Å². The third-order valence-corrected chi connectivity index (χ3v) is 2.88. The fourth-order valence-corrected chi connectivity index (χ4v) is 2.04. The van der Waals surface area contributed by atoms with Gasteiger partial charge in [-0.2, -0.15) is 0 Å². The predicted molar refractivity (Wildman–Crippen MR) is 49.3 cm³/mol. The van der Waals surface area contributed by atoms with Crippen molar-refractivity contribution in [1.29, 1.82) is 0 Å². The number of ether oxygens (including phenoxy) is 1. The summed E-state index contributed by atoms with van der Waals surface area (Å²) in [6.45, 7) is 9.38. The second kappa shape index (κ2) is 2.47. The molecule has 0 aliphatic carbocycles. The fourth-order valence-electron chi connectivity index (χ4n) is 2.04. The topological polar surface area (TPSA) is 29.5 Å². The van der Waals surface area contributed by atoms with Crippen LogP contribution in [-0.2, 0) is 9.53 Å². The smallest absolute Gasteiger partial charge is 0.233 e. The van der Waals surface area contributed by atoms with E-state index < -0.39 is 0 Å². The lowest BCUT2D eigenvalue weighted by Gasteiger charge is -2.50. The van der Waals surface area contributed by atoms with E-state index in [1.54, 1.807) is 0 Å². The van der Waals surface area contributed by atoms with Gasteiger partial charge in [0.1, 0.15) is 0 Å². The number of rotatable bonds is 1. The van der Waals surface area contributed by atoms with E-state index in [-0.39, 0.29) is 11.3 Å². The van der Waals surface area contributed by atoms with Gasteiger partial charge in [-0.25, -0.2) is 0 Å². The third-order valence-electron chi connectivity index (χ3n) is 2.88. The minimum absolute atomic E-state index is 0.212. The summed E-state index contributed by atoms with van der Waals surface area (Å²) < 4.78 is 5.08. The molecule has 0 aromatic carbocycles. The van der Waals surface area contributed by atoms with E-state index in [2.05, 4.69) is 13.8 Å². The molecule has 0 saturated carbocycles. The van der Waals surface area contributed by atoms with Gasteiger partial charge < -0.3 is 9.64 Å². The van der Waals surface area contributed by atoms with Gasteiger partial charge in [0.2, 0.25) is 5.91 Å². The Morgan fingerprint density at radius 3 is 2.08 bits per heavy atom. The molecule has 0 aromatic heterocycles. The molecule has 3 heteroatoms. The third kappa shape index (κ3) is 1.35. The SMILES string of the molecule is CC1(C)CN(C(=O)C2(C)COC2)C1. The average Bonchev–Trinajstić information content (AvgIpc) is 1.94. The van der Waals surface area contributed by atoms with Crippen molar-refractivity contribution in [2.75, 3.05) is 26.3 Å². The molecular weight excluding hydrogens is 166 g/mol. The largest absolute Gasteiger partial charge is 0.379 e. The zero-order chi connectivity index (χ0) is 9.69. The van der Waals surface area contributed by atoms with E-state index in [1.165, 1.54) is 0 Å². The summed E-state index contributed by atoms with van der Waals surface area (Å²) in [4.78, 5) is 13.8. The highest BCUT2D eigenvalue weighted by molar-refractivity contribution is 5.84. The van der Waals surface area contributed by atoms with Crippen molar-refractivity contribution in [3.8, 4) is 0 Å². The Labute approximate surface area is 79.0 Å². The quantitative estimate of drug-likeness (QED) is 0.604. The van der Waals surface area contributed by atoms with Crippen LogP contribution in [0, 0.1) is 10.8 Å². The number of hydrogen-bond donors (Lipinski definition) is 0. The zero-order valence-electron chi connectivity index (χ0n) is 8.59. The summed E-state index contributed by atoms with van der Waals surface area (Å²) in [7, 11) is 0. The summed E-state index contributed by atoms with van der Waals surface area (Å²) in [5.41, 5.74) is 0.118. The predicted octanol–water partition coefficient (Wildman–Crippen LogP) is 0.891. The van der Waals surface area contributed by atoms with Gasteiger partial charge in [0.15, 0.2) is 0 Å². The number of hydrogen-bond acceptors (Lipinski definition) is 2. The van der Waals surface area contributed by atoms with Crippen LogP contribution >= 0.6 is 0 Å². The van der Waals surface area contributed by atoms with Gasteiger partial charge in [-0.15, -0.1) is 0 Å². The molecule has 2 aliphatic heterocycles. The fraction of sp³-hybridized carbons (Fsp3) is 0.900. The highest BCUT2D eigenvalue weighted by atomic mass is 16.5. The first kappa shape index (κ1) is 9.00. The van der Waals surface area contributed by atoms with Crippen molar-refractivity contribution >= 4 is 5.91 Å². The average molecular weight is 183 g/mol. The van der Waals surface area contributed by atoms with Crippen LogP contribution in [0.5, 0.6) is 0 Å². The Bertz CT molecular complexity index is 235. The summed E-state index contributed by atoms with van der Waals surface area (Å²) in [5, 5.41) is 0. The molecule has 0 bridgehead atoms. The normalized spacial score (nSPS) is 29.0. The van der Waals surface area contributed by atoms with Crippen LogP contribution in [-0.4, -0.2) is 37.1 Å². The Balaban J connectivity index is 1.93. The monoisotopic (exact) mass is 183 g/mol. The molecule has 2 heterocycles. The number of amides is 1. The lowest BCUT2D eigenvalue weighted by Crippen LogP contribution is -2.62. The van der Waals surface area contributed by atoms with Crippen molar-refractivity contribution in [2.24, 2.45) is 10.8 Å². The number of carbonyl (C=O) groups excluding carboxylic acids is 1. The maximum Gasteiger partial charge on any atom is 0.233 e. The molecule has 0 N–H and O–H groups in total. The van der Waals surface area contributed by atoms with Crippen LogP contribution in [0.15, 0.2) is 0 Å². The van der Waals surface area contributed by atoms with Crippen LogP contribution in [0.1, 0.15) is 20.8 Å². The maximum atomic E-state index is 11.9. The first-order valence-electron chi connectivity index (χ1n) is 4.80. The summed E-state index contributed by atoms with van der Waals surface area (Å²) in [6.07, 6.45) is 0. The van der Waals surface area contributed by atoms with Crippen LogP contribution in [0.4, 0.5) is 0 Å². The highest BCUT2D eigenvalue weighted by Gasteiger charge is 2.48. The van der Waals surface area contributed by atoms with E-state index in [1.807, 2.05) is 11.8 Å². The van der Waals surface area contributed by atoms with Crippen LogP contribution in [0.2, 0.25) is 0 Å². The molecule has 2 aliphatic rings. The molecule has 2 rings (SSSR count). The molecule has 1 amide bonds. The van der Waals surface area contributed by atoms with Crippen molar-refractivity contribution in [3.63, 3.8) is 0 Å². The van der Waals surface area contributed by atoms with Gasteiger partial charge in [-0.3, -0.25) is 4.79 Å². The lowest BCUT2D eigenvalue weighted by atomic mass is 9.79. The van der Waals surface area contributed by atoms with Crippen molar-refractivity contribution in [1.82, 2.24) is 4.90 Å². The Morgan fingerprint density at radius 2 is 1.77 bits per heavy atom. The number of carbonyl (C=O) groups is 1. The van der Waals surface area contributed by atoms with Gasteiger partial charge >= 0.3 is 0 Å². The summed E-state index contributed by atoms with van der Waals surface area (Å²) >= 11 is 0.